The van der Waals surface area contributed by atoms with Gasteiger partial charge in [-0.3, -0.25) is 0 Å². The Bertz CT molecular complexity index is 362. The van der Waals surface area contributed by atoms with Crippen LogP contribution in [-0.2, 0) is 0 Å². The van der Waals surface area contributed by atoms with Crippen LogP contribution in [0.2, 0.25) is 0 Å². The number of rotatable bonds is 4. The normalized spacial score (nSPS) is 15.9. The third-order valence-electron chi connectivity index (χ3n) is 2.95. The fourth-order valence-electron chi connectivity index (χ4n) is 2.13. The zero-order chi connectivity index (χ0) is 11.7. The highest BCUT2D eigenvalue weighted by atomic mass is 16.5. The molecule has 0 atom stereocenters. The smallest absolute Gasteiger partial charge is 0.123 e. The first-order valence-corrected chi connectivity index (χ1v) is 6.19. The average Bonchev–Trinajstić information content (AvgIpc) is 2.99. The Morgan fingerprint density at radius 2 is 1.94 bits per heavy atom. The van der Waals surface area contributed by atoms with Crippen LogP contribution in [0.15, 0.2) is 18.2 Å². The van der Waals surface area contributed by atoms with Gasteiger partial charge in [0.2, 0.25) is 0 Å². The van der Waals surface area contributed by atoms with Gasteiger partial charge in [-0.2, -0.15) is 0 Å². The van der Waals surface area contributed by atoms with Crippen molar-refractivity contribution in [3.63, 3.8) is 0 Å². The molecule has 0 amide bonds. The number of hydrogen-bond donors (Lipinski definition) is 0. The molecule has 0 unspecified atom stereocenters. The van der Waals surface area contributed by atoms with Crippen LogP contribution in [0.1, 0.15) is 57.6 Å². The molecule has 87 valence electrons. The predicted octanol–water partition coefficient (Wildman–Crippen LogP) is 4.31. The zero-order valence-electron chi connectivity index (χ0n) is 10.7. The predicted molar refractivity (Wildman–Crippen MR) is 67.9 cm³/mol. The van der Waals surface area contributed by atoms with Crippen LogP contribution in [-0.4, -0.2) is 6.10 Å². The third kappa shape index (κ3) is 2.40. The summed E-state index contributed by atoms with van der Waals surface area (Å²) < 4.78 is 5.92. The zero-order valence-corrected chi connectivity index (χ0v) is 10.7. The van der Waals surface area contributed by atoms with Gasteiger partial charge in [-0.15, -0.1) is 0 Å². The highest BCUT2D eigenvalue weighted by molar-refractivity contribution is 5.50. The molecular weight excluding hydrogens is 196 g/mol. The van der Waals surface area contributed by atoms with Crippen molar-refractivity contribution in [3.05, 3.63) is 35.2 Å². The van der Waals surface area contributed by atoms with E-state index in [4.69, 9.17) is 4.74 Å². The minimum Gasteiger partial charge on any atom is -0.491 e. The molecular formula is C15H21O. The van der Waals surface area contributed by atoms with E-state index in [9.17, 15) is 0 Å². The van der Waals surface area contributed by atoms with Crippen molar-refractivity contribution >= 4 is 0 Å². The molecule has 1 fully saturated rings. The molecule has 1 nitrogen and oxygen atoms in total. The lowest BCUT2D eigenvalue weighted by Crippen LogP contribution is -2.09. The number of hydrogen-bond acceptors (Lipinski definition) is 1. The lowest BCUT2D eigenvalue weighted by atomic mass is 9.93. The van der Waals surface area contributed by atoms with E-state index >= 15 is 0 Å². The van der Waals surface area contributed by atoms with Gasteiger partial charge in [-0.25, -0.2) is 0 Å². The fraction of sp³-hybridized carbons (Fsp3) is 0.533. The van der Waals surface area contributed by atoms with Gasteiger partial charge in [0.05, 0.1) is 6.10 Å². The van der Waals surface area contributed by atoms with E-state index in [-0.39, 0.29) is 6.10 Å². The van der Waals surface area contributed by atoms with Crippen LogP contribution in [0, 0.1) is 5.92 Å². The summed E-state index contributed by atoms with van der Waals surface area (Å²) in [6.07, 6.45) is 2.89. The van der Waals surface area contributed by atoms with Crippen molar-refractivity contribution in [1.29, 1.82) is 0 Å². The van der Waals surface area contributed by atoms with E-state index in [1.54, 1.807) is 0 Å². The first-order chi connectivity index (χ1) is 7.59. The van der Waals surface area contributed by atoms with Crippen molar-refractivity contribution in [2.24, 2.45) is 0 Å². The topological polar surface area (TPSA) is 9.23 Å². The molecule has 1 aliphatic carbocycles. The maximum atomic E-state index is 5.92. The van der Waals surface area contributed by atoms with Crippen molar-refractivity contribution < 1.29 is 4.74 Å². The van der Waals surface area contributed by atoms with Crippen LogP contribution in [0.5, 0.6) is 5.75 Å². The Hall–Kier alpha value is -0.980. The Kier molecular flexibility index (Phi) is 3.22. The number of ether oxygens (including phenoxy) is 1. The monoisotopic (exact) mass is 217 g/mol. The van der Waals surface area contributed by atoms with Gasteiger partial charge < -0.3 is 4.74 Å². The fourth-order valence-corrected chi connectivity index (χ4v) is 2.13. The largest absolute Gasteiger partial charge is 0.491 e. The van der Waals surface area contributed by atoms with Gasteiger partial charge >= 0.3 is 0 Å². The summed E-state index contributed by atoms with van der Waals surface area (Å²) in [5.41, 5.74) is 2.83. The second-order valence-corrected chi connectivity index (χ2v) is 5.16. The molecule has 0 N–H and O–H groups in total. The van der Waals surface area contributed by atoms with Crippen LogP contribution in [0.3, 0.4) is 0 Å². The molecule has 0 aliphatic heterocycles. The molecule has 0 aromatic heterocycles. The Balaban J connectivity index is 2.39. The molecule has 2 rings (SSSR count). The first-order valence-electron chi connectivity index (χ1n) is 6.19. The summed E-state index contributed by atoms with van der Waals surface area (Å²) in [6, 6.07) is 6.43. The molecule has 0 saturated heterocycles. The summed E-state index contributed by atoms with van der Waals surface area (Å²) in [4.78, 5) is 0. The average molecular weight is 217 g/mol. The molecule has 1 aromatic carbocycles. The van der Waals surface area contributed by atoms with E-state index in [0.29, 0.717) is 0 Å². The summed E-state index contributed by atoms with van der Waals surface area (Å²) in [5, 5.41) is 0. The first kappa shape index (κ1) is 11.5. The van der Waals surface area contributed by atoms with Crippen LogP contribution in [0.4, 0.5) is 0 Å². The Morgan fingerprint density at radius 3 is 2.44 bits per heavy atom. The minimum atomic E-state index is 0.255. The maximum absolute atomic E-state index is 5.92. The summed E-state index contributed by atoms with van der Waals surface area (Å²) in [7, 11) is 0. The van der Waals surface area contributed by atoms with Gasteiger partial charge in [0.1, 0.15) is 5.75 Å². The molecule has 0 spiro atoms. The lowest BCUT2D eigenvalue weighted by molar-refractivity contribution is 0.240. The molecule has 1 heteroatoms. The van der Waals surface area contributed by atoms with E-state index < -0.39 is 0 Å². The highest BCUT2D eigenvalue weighted by Crippen LogP contribution is 2.47. The Labute approximate surface area is 98.8 Å². The SMILES string of the molecule is C[C](C)c1cccc(OC(C)C)c1C1CC1. The van der Waals surface area contributed by atoms with E-state index in [0.717, 1.165) is 11.7 Å². The van der Waals surface area contributed by atoms with E-state index in [1.807, 2.05) is 0 Å². The second kappa shape index (κ2) is 4.48. The highest BCUT2D eigenvalue weighted by Gasteiger charge is 2.30. The van der Waals surface area contributed by atoms with E-state index in [2.05, 4.69) is 45.9 Å². The van der Waals surface area contributed by atoms with Crippen molar-refractivity contribution in [3.8, 4) is 5.75 Å². The van der Waals surface area contributed by atoms with Crippen molar-refractivity contribution in [2.75, 3.05) is 0 Å². The molecule has 0 heterocycles. The van der Waals surface area contributed by atoms with Gasteiger partial charge in [0.15, 0.2) is 0 Å². The van der Waals surface area contributed by atoms with Crippen molar-refractivity contribution in [2.45, 2.75) is 52.6 Å². The second-order valence-electron chi connectivity index (χ2n) is 5.16. The summed E-state index contributed by atoms with van der Waals surface area (Å²) in [5.74, 6) is 3.21. The molecule has 0 bridgehead atoms. The van der Waals surface area contributed by atoms with Crippen LogP contribution >= 0.6 is 0 Å². The van der Waals surface area contributed by atoms with Crippen LogP contribution in [0.25, 0.3) is 0 Å². The van der Waals surface area contributed by atoms with Gasteiger partial charge in [-0.05, 0) is 50.2 Å². The maximum Gasteiger partial charge on any atom is 0.123 e. The Morgan fingerprint density at radius 1 is 1.25 bits per heavy atom. The van der Waals surface area contributed by atoms with Gasteiger partial charge in [-0.1, -0.05) is 26.0 Å². The van der Waals surface area contributed by atoms with Crippen LogP contribution < -0.4 is 4.74 Å². The van der Waals surface area contributed by atoms with Crippen molar-refractivity contribution in [1.82, 2.24) is 0 Å². The molecule has 1 saturated carbocycles. The van der Waals surface area contributed by atoms with Gasteiger partial charge in [0, 0.05) is 5.56 Å². The number of benzene rings is 1. The molecule has 16 heavy (non-hydrogen) atoms. The summed E-state index contributed by atoms with van der Waals surface area (Å²) >= 11 is 0. The molecule has 1 radical (unpaired) electrons. The minimum absolute atomic E-state index is 0.255. The summed E-state index contributed by atoms with van der Waals surface area (Å²) in [6.45, 7) is 8.54. The standard InChI is InChI=1S/C15H21O/c1-10(2)13-6-5-7-14(16-11(3)4)15(13)12-8-9-12/h5-7,11-12H,8-9H2,1-4H3. The van der Waals surface area contributed by atoms with Gasteiger partial charge in [0.25, 0.3) is 0 Å². The molecule has 1 aromatic rings. The lowest BCUT2D eigenvalue weighted by Gasteiger charge is -2.19. The third-order valence-corrected chi connectivity index (χ3v) is 2.95. The van der Waals surface area contributed by atoms with E-state index in [1.165, 1.54) is 29.9 Å². The quantitative estimate of drug-likeness (QED) is 0.730. The molecule has 1 aliphatic rings.